The standard InChI is InChI=1S/C16H20O5/c1-11(20-13-7-5-12(18-4)6-8-13)9-14(17)15-10-19-16(2,3)21-15/h5-9,15H,10H2,1-4H3/b11-9+/t15-/m0/s1. The molecular weight excluding hydrogens is 272 g/mol. The van der Waals surface area contributed by atoms with E-state index in [-0.39, 0.29) is 12.4 Å². The van der Waals surface area contributed by atoms with Crippen LogP contribution in [-0.4, -0.2) is 31.4 Å². The summed E-state index contributed by atoms with van der Waals surface area (Å²) in [6.45, 7) is 5.55. The molecule has 1 saturated heterocycles. The Hall–Kier alpha value is -1.85. The van der Waals surface area contributed by atoms with Crippen molar-refractivity contribution >= 4 is 5.78 Å². The summed E-state index contributed by atoms with van der Waals surface area (Å²) in [6, 6.07) is 7.14. The number of methoxy groups -OCH3 is 1. The third-order valence-corrected chi connectivity index (χ3v) is 3.01. The molecule has 1 fully saturated rings. The fraction of sp³-hybridized carbons (Fsp3) is 0.438. The van der Waals surface area contributed by atoms with Crippen LogP contribution in [0, 0.1) is 0 Å². The van der Waals surface area contributed by atoms with Gasteiger partial charge in [-0.3, -0.25) is 4.79 Å². The highest BCUT2D eigenvalue weighted by molar-refractivity contribution is 5.94. The van der Waals surface area contributed by atoms with E-state index in [0.29, 0.717) is 11.5 Å². The summed E-state index contributed by atoms with van der Waals surface area (Å²) in [6.07, 6.45) is 0.856. The van der Waals surface area contributed by atoms with E-state index in [2.05, 4.69) is 0 Å². The molecule has 114 valence electrons. The van der Waals surface area contributed by atoms with Crippen molar-refractivity contribution in [3.63, 3.8) is 0 Å². The molecule has 21 heavy (non-hydrogen) atoms. The summed E-state index contributed by atoms with van der Waals surface area (Å²) in [4.78, 5) is 12.1. The molecule has 0 unspecified atom stereocenters. The van der Waals surface area contributed by atoms with Crippen LogP contribution < -0.4 is 9.47 Å². The number of ether oxygens (including phenoxy) is 4. The zero-order valence-electron chi connectivity index (χ0n) is 12.7. The lowest BCUT2D eigenvalue weighted by molar-refractivity contribution is -0.149. The third-order valence-electron chi connectivity index (χ3n) is 3.01. The minimum absolute atomic E-state index is 0.161. The maximum Gasteiger partial charge on any atom is 0.190 e. The smallest absolute Gasteiger partial charge is 0.190 e. The Bertz CT molecular complexity index is 530. The van der Waals surface area contributed by atoms with Crippen LogP contribution in [-0.2, 0) is 14.3 Å². The molecule has 0 aliphatic carbocycles. The average molecular weight is 292 g/mol. The first-order valence-corrected chi connectivity index (χ1v) is 6.75. The van der Waals surface area contributed by atoms with E-state index >= 15 is 0 Å². The minimum Gasteiger partial charge on any atom is -0.497 e. The molecule has 5 nitrogen and oxygen atoms in total. The van der Waals surface area contributed by atoms with Crippen molar-refractivity contribution in [3.05, 3.63) is 36.1 Å². The molecule has 0 aromatic heterocycles. The molecule has 0 radical (unpaired) electrons. The number of allylic oxidation sites excluding steroid dienone is 1. The number of hydrogen-bond donors (Lipinski definition) is 0. The molecule has 1 atom stereocenters. The summed E-state index contributed by atoms with van der Waals surface area (Å²) >= 11 is 0. The van der Waals surface area contributed by atoms with Crippen LogP contribution >= 0.6 is 0 Å². The van der Waals surface area contributed by atoms with Gasteiger partial charge in [0.05, 0.1) is 13.7 Å². The largest absolute Gasteiger partial charge is 0.497 e. The number of benzene rings is 1. The molecule has 1 aliphatic heterocycles. The van der Waals surface area contributed by atoms with Gasteiger partial charge in [-0.25, -0.2) is 0 Å². The molecule has 2 rings (SSSR count). The Morgan fingerprint density at radius 2 is 1.90 bits per heavy atom. The highest BCUT2D eigenvalue weighted by Gasteiger charge is 2.36. The summed E-state index contributed by atoms with van der Waals surface area (Å²) in [7, 11) is 1.60. The number of carbonyl (C=O) groups is 1. The lowest BCUT2D eigenvalue weighted by Gasteiger charge is -2.16. The molecule has 1 aromatic carbocycles. The Balaban J connectivity index is 1.95. The Morgan fingerprint density at radius 1 is 1.29 bits per heavy atom. The molecule has 0 bridgehead atoms. The van der Waals surface area contributed by atoms with E-state index in [4.69, 9.17) is 18.9 Å². The zero-order chi connectivity index (χ0) is 15.5. The summed E-state index contributed by atoms with van der Waals surface area (Å²) in [5.74, 6) is 1.02. The average Bonchev–Trinajstić information content (AvgIpc) is 2.80. The van der Waals surface area contributed by atoms with E-state index in [9.17, 15) is 4.79 Å². The Labute approximate surface area is 124 Å². The van der Waals surface area contributed by atoms with Crippen molar-refractivity contribution < 1.29 is 23.7 Å². The summed E-state index contributed by atoms with van der Waals surface area (Å²) < 4.78 is 21.5. The van der Waals surface area contributed by atoms with Crippen LogP contribution in [0.3, 0.4) is 0 Å². The fourth-order valence-electron chi connectivity index (χ4n) is 1.98. The van der Waals surface area contributed by atoms with Gasteiger partial charge >= 0.3 is 0 Å². The Morgan fingerprint density at radius 3 is 2.43 bits per heavy atom. The molecule has 0 spiro atoms. The predicted molar refractivity (Wildman–Crippen MR) is 77.3 cm³/mol. The molecule has 5 heteroatoms. The van der Waals surface area contributed by atoms with Gasteiger partial charge in [-0.1, -0.05) is 0 Å². The van der Waals surface area contributed by atoms with Gasteiger partial charge < -0.3 is 18.9 Å². The van der Waals surface area contributed by atoms with E-state index < -0.39 is 11.9 Å². The highest BCUT2D eigenvalue weighted by Crippen LogP contribution is 2.24. The minimum atomic E-state index is -0.709. The number of ketones is 1. The lowest BCUT2D eigenvalue weighted by Crippen LogP contribution is -2.26. The molecule has 1 aliphatic rings. The summed E-state index contributed by atoms with van der Waals surface area (Å²) in [5.41, 5.74) is 0. The van der Waals surface area contributed by atoms with Crippen molar-refractivity contribution in [1.29, 1.82) is 0 Å². The first-order valence-electron chi connectivity index (χ1n) is 6.75. The van der Waals surface area contributed by atoms with Gasteiger partial charge in [-0.2, -0.15) is 0 Å². The van der Waals surface area contributed by atoms with Gasteiger partial charge in [0, 0.05) is 6.08 Å². The first kappa shape index (κ1) is 15.5. The van der Waals surface area contributed by atoms with E-state index in [1.54, 1.807) is 52.1 Å². The topological polar surface area (TPSA) is 54.0 Å². The summed E-state index contributed by atoms with van der Waals surface area (Å²) in [5, 5.41) is 0. The molecule has 1 aromatic rings. The van der Waals surface area contributed by atoms with Crippen LogP contribution in [0.2, 0.25) is 0 Å². The van der Waals surface area contributed by atoms with Gasteiger partial charge in [0.15, 0.2) is 11.6 Å². The van der Waals surface area contributed by atoms with Crippen LogP contribution in [0.15, 0.2) is 36.1 Å². The molecule has 1 heterocycles. The van der Waals surface area contributed by atoms with Gasteiger partial charge in [-0.15, -0.1) is 0 Å². The van der Waals surface area contributed by atoms with Crippen molar-refractivity contribution in [2.45, 2.75) is 32.7 Å². The highest BCUT2D eigenvalue weighted by atomic mass is 16.7. The molecular formula is C16H20O5. The van der Waals surface area contributed by atoms with Crippen LogP contribution in [0.5, 0.6) is 11.5 Å². The molecule has 0 amide bonds. The van der Waals surface area contributed by atoms with E-state index in [1.165, 1.54) is 6.08 Å². The second kappa shape index (κ2) is 6.28. The first-order chi connectivity index (χ1) is 9.89. The van der Waals surface area contributed by atoms with Crippen molar-refractivity contribution in [2.24, 2.45) is 0 Å². The van der Waals surface area contributed by atoms with Gasteiger partial charge in [-0.05, 0) is 45.0 Å². The van der Waals surface area contributed by atoms with Crippen LogP contribution in [0.1, 0.15) is 20.8 Å². The Kier molecular flexibility index (Phi) is 4.65. The monoisotopic (exact) mass is 292 g/mol. The van der Waals surface area contributed by atoms with Crippen molar-refractivity contribution in [2.75, 3.05) is 13.7 Å². The van der Waals surface area contributed by atoms with Crippen LogP contribution in [0.4, 0.5) is 0 Å². The fourth-order valence-corrected chi connectivity index (χ4v) is 1.98. The SMILES string of the molecule is COc1ccc(O/C(C)=C/C(=O)[C@@H]2COC(C)(C)O2)cc1. The van der Waals surface area contributed by atoms with E-state index in [1.807, 2.05) is 0 Å². The number of rotatable bonds is 5. The van der Waals surface area contributed by atoms with Crippen molar-refractivity contribution in [1.82, 2.24) is 0 Å². The normalized spacial score (nSPS) is 21.1. The van der Waals surface area contributed by atoms with Crippen LogP contribution in [0.25, 0.3) is 0 Å². The maximum atomic E-state index is 12.1. The number of hydrogen-bond acceptors (Lipinski definition) is 5. The second-order valence-electron chi connectivity index (χ2n) is 5.25. The molecule has 0 saturated carbocycles. The van der Waals surface area contributed by atoms with Gasteiger partial charge in [0.25, 0.3) is 0 Å². The van der Waals surface area contributed by atoms with Crippen molar-refractivity contribution in [3.8, 4) is 11.5 Å². The maximum absolute atomic E-state index is 12.1. The molecule has 0 N–H and O–H groups in total. The number of carbonyl (C=O) groups excluding carboxylic acids is 1. The zero-order valence-corrected chi connectivity index (χ0v) is 12.7. The second-order valence-corrected chi connectivity index (χ2v) is 5.25. The van der Waals surface area contributed by atoms with E-state index in [0.717, 1.165) is 5.75 Å². The third kappa shape index (κ3) is 4.31. The van der Waals surface area contributed by atoms with Gasteiger partial charge in [0.2, 0.25) is 0 Å². The van der Waals surface area contributed by atoms with Gasteiger partial charge in [0.1, 0.15) is 23.4 Å². The predicted octanol–water partition coefficient (Wildman–Crippen LogP) is 2.70. The lowest BCUT2D eigenvalue weighted by atomic mass is 10.2. The quantitative estimate of drug-likeness (QED) is 0.617.